The van der Waals surface area contributed by atoms with E-state index in [2.05, 4.69) is 10.2 Å². The first-order valence-electron chi connectivity index (χ1n) is 9.57. The average molecular weight is 383 g/mol. The minimum absolute atomic E-state index is 0. The van der Waals surface area contributed by atoms with Crippen LogP contribution in [0, 0.1) is 0 Å². The molecular weight excluding hydrogens is 352 g/mol. The van der Waals surface area contributed by atoms with Gasteiger partial charge < -0.3 is 14.8 Å². The minimum Gasteiger partial charge on any atom is -0.494 e. The molecule has 3 rings (SSSR count). The van der Waals surface area contributed by atoms with Crippen molar-refractivity contribution in [2.75, 3.05) is 39.5 Å². The topological polar surface area (TPSA) is 50.8 Å². The van der Waals surface area contributed by atoms with E-state index in [-0.39, 0.29) is 23.9 Å². The van der Waals surface area contributed by atoms with Crippen molar-refractivity contribution in [3.05, 3.63) is 29.8 Å². The maximum absolute atomic E-state index is 12.6. The minimum atomic E-state index is 0. The smallest absolute Gasteiger partial charge is 0.251 e. The van der Waals surface area contributed by atoms with Gasteiger partial charge in [-0.05, 0) is 44.0 Å². The lowest BCUT2D eigenvalue weighted by Crippen LogP contribution is -2.59. The standard InChI is InChI=1S/C20H30N2O3.ClH/c1-2-25-18-8-6-17(7-9-18)19(23)21-16-20(10-4-3-5-11-20)22-12-14-24-15-13-22;/h6-9H,2-5,10-16H2,1H3,(H,21,23);1H. The Morgan fingerprint density at radius 2 is 1.81 bits per heavy atom. The molecule has 0 atom stereocenters. The first-order valence-corrected chi connectivity index (χ1v) is 9.57. The second-order valence-electron chi connectivity index (χ2n) is 7.02. The summed E-state index contributed by atoms with van der Waals surface area (Å²) >= 11 is 0. The molecule has 1 heterocycles. The fraction of sp³-hybridized carbons (Fsp3) is 0.650. The van der Waals surface area contributed by atoms with E-state index in [1.165, 1.54) is 19.3 Å². The van der Waals surface area contributed by atoms with Crippen LogP contribution in [0.3, 0.4) is 0 Å². The van der Waals surface area contributed by atoms with Gasteiger partial charge in [0.2, 0.25) is 0 Å². The summed E-state index contributed by atoms with van der Waals surface area (Å²) in [5, 5.41) is 3.20. The van der Waals surface area contributed by atoms with Gasteiger partial charge in [-0.2, -0.15) is 0 Å². The summed E-state index contributed by atoms with van der Waals surface area (Å²) in [5.74, 6) is 0.803. The summed E-state index contributed by atoms with van der Waals surface area (Å²) in [6.45, 7) is 6.85. The third-order valence-corrected chi connectivity index (χ3v) is 5.47. The van der Waals surface area contributed by atoms with Crippen LogP contribution in [0.1, 0.15) is 49.4 Å². The number of hydrogen-bond donors (Lipinski definition) is 1. The van der Waals surface area contributed by atoms with Gasteiger partial charge in [0.15, 0.2) is 0 Å². The van der Waals surface area contributed by atoms with Crippen LogP contribution < -0.4 is 10.1 Å². The molecule has 1 N–H and O–H groups in total. The lowest BCUT2D eigenvalue weighted by molar-refractivity contribution is -0.0361. The zero-order valence-electron chi connectivity index (χ0n) is 15.7. The number of hydrogen-bond acceptors (Lipinski definition) is 4. The quantitative estimate of drug-likeness (QED) is 0.820. The zero-order valence-corrected chi connectivity index (χ0v) is 16.5. The molecule has 2 fully saturated rings. The molecule has 0 bridgehead atoms. The molecule has 1 amide bonds. The Kier molecular flexibility index (Phi) is 8.19. The zero-order chi connectivity index (χ0) is 17.5. The highest BCUT2D eigenvalue weighted by molar-refractivity contribution is 5.94. The third kappa shape index (κ3) is 5.12. The molecule has 0 radical (unpaired) electrons. The summed E-state index contributed by atoms with van der Waals surface area (Å²) < 4.78 is 11.0. The monoisotopic (exact) mass is 382 g/mol. The highest BCUT2D eigenvalue weighted by Crippen LogP contribution is 2.34. The third-order valence-electron chi connectivity index (χ3n) is 5.47. The van der Waals surface area contributed by atoms with E-state index in [0.29, 0.717) is 12.2 Å². The van der Waals surface area contributed by atoms with Crippen molar-refractivity contribution in [3.63, 3.8) is 0 Å². The summed E-state index contributed by atoms with van der Waals surface area (Å²) in [7, 11) is 0. The fourth-order valence-corrected chi connectivity index (χ4v) is 4.07. The van der Waals surface area contributed by atoms with Crippen LogP contribution in [0.2, 0.25) is 0 Å². The normalized spacial score (nSPS) is 20.0. The Morgan fingerprint density at radius 1 is 1.15 bits per heavy atom. The molecule has 1 aromatic carbocycles. The summed E-state index contributed by atoms with van der Waals surface area (Å²) in [4.78, 5) is 15.1. The first kappa shape index (κ1) is 21.0. The predicted octanol–water partition coefficient (Wildman–Crippen LogP) is 3.27. The van der Waals surface area contributed by atoms with Crippen molar-refractivity contribution in [2.24, 2.45) is 0 Å². The lowest BCUT2D eigenvalue weighted by atomic mass is 9.79. The number of nitrogens with one attached hydrogen (secondary N) is 1. The summed E-state index contributed by atoms with van der Waals surface area (Å²) in [6, 6.07) is 7.39. The molecule has 146 valence electrons. The molecule has 1 saturated carbocycles. The molecule has 1 aromatic rings. The van der Waals surface area contributed by atoms with Crippen LogP contribution in [0.5, 0.6) is 5.75 Å². The van der Waals surface area contributed by atoms with Crippen molar-refractivity contribution < 1.29 is 14.3 Å². The Hall–Kier alpha value is -1.30. The number of benzene rings is 1. The number of nitrogens with zero attached hydrogens (tertiary/aromatic N) is 1. The maximum atomic E-state index is 12.6. The van der Waals surface area contributed by atoms with Gasteiger partial charge in [-0.1, -0.05) is 19.3 Å². The van der Waals surface area contributed by atoms with Crippen LogP contribution in [0.25, 0.3) is 0 Å². The second kappa shape index (κ2) is 10.1. The molecule has 0 unspecified atom stereocenters. The molecule has 1 aliphatic carbocycles. The van der Waals surface area contributed by atoms with E-state index in [0.717, 1.165) is 51.4 Å². The van der Waals surface area contributed by atoms with Crippen LogP contribution in [-0.4, -0.2) is 55.8 Å². The van der Waals surface area contributed by atoms with Crippen LogP contribution >= 0.6 is 12.4 Å². The highest BCUT2D eigenvalue weighted by atomic mass is 35.5. The number of carbonyl (C=O) groups is 1. The summed E-state index contributed by atoms with van der Waals surface area (Å²) in [5.41, 5.74) is 0.791. The SMILES string of the molecule is CCOc1ccc(C(=O)NCC2(N3CCOCC3)CCCCC2)cc1.Cl. The van der Waals surface area contributed by atoms with Crippen LogP contribution in [-0.2, 0) is 4.74 Å². The lowest BCUT2D eigenvalue weighted by Gasteiger charge is -2.48. The van der Waals surface area contributed by atoms with E-state index >= 15 is 0 Å². The van der Waals surface area contributed by atoms with E-state index in [9.17, 15) is 4.79 Å². The van der Waals surface area contributed by atoms with E-state index < -0.39 is 0 Å². The molecule has 1 saturated heterocycles. The largest absolute Gasteiger partial charge is 0.494 e. The van der Waals surface area contributed by atoms with Crippen molar-refractivity contribution in [1.29, 1.82) is 0 Å². The van der Waals surface area contributed by atoms with Gasteiger partial charge >= 0.3 is 0 Å². The molecule has 2 aliphatic rings. The maximum Gasteiger partial charge on any atom is 0.251 e. The molecular formula is C20H31ClN2O3. The van der Waals surface area contributed by atoms with Gasteiger partial charge in [-0.15, -0.1) is 12.4 Å². The fourth-order valence-electron chi connectivity index (χ4n) is 4.07. The Balaban J connectivity index is 0.00000243. The molecule has 0 aromatic heterocycles. The number of carbonyl (C=O) groups excluding carboxylic acids is 1. The molecule has 6 heteroatoms. The van der Waals surface area contributed by atoms with Gasteiger partial charge in [0.25, 0.3) is 5.91 Å². The van der Waals surface area contributed by atoms with E-state index in [1.807, 2.05) is 31.2 Å². The average Bonchev–Trinajstić information content (AvgIpc) is 2.68. The van der Waals surface area contributed by atoms with Gasteiger partial charge in [-0.25, -0.2) is 0 Å². The number of rotatable bonds is 6. The van der Waals surface area contributed by atoms with Crippen molar-refractivity contribution >= 4 is 18.3 Å². The highest BCUT2D eigenvalue weighted by Gasteiger charge is 2.38. The Bertz CT molecular complexity index is 553. The number of ether oxygens (including phenoxy) is 2. The molecule has 26 heavy (non-hydrogen) atoms. The summed E-state index contributed by atoms with van der Waals surface area (Å²) in [6.07, 6.45) is 6.12. The van der Waals surface area contributed by atoms with Gasteiger partial charge in [0.05, 0.1) is 19.8 Å². The molecule has 1 aliphatic heterocycles. The second-order valence-corrected chi connectivity index (χ2v) is 7.02. The molecule has 5 nitrogen and oxygen atoms in total. The van der Waals surface area contributed by atoms with Crippen molar-refractivity contribution in [3.8, 4) is 5.75 Å². The van der Waals surface area contributed by atoms with Gasteiger partial charge in [0.1, 0.15) is 5.75 Å². The number of morpholine rings is 1. The van der Waals surface area contributed by atoms with Gasteiger partial charge in [0, 0.05) is 30.7 Å². The van der Waals surface area contributed by atoms with Crippen LogP contribution in [0.15, 0.2) is 24.3 Å². The predicted molar refractivity (Wildman–Crippen MR) is 105 cm³/mol. The van der Waals surface area contributed by atoms with Crippen molar-refractivity contribution in [2.45, 2.75) is 44.6 Å². The number of halogens is 1. The van der Waals surface area contributed by atoms with Crippen molar-refractivity contribution in [1.82, 2.24) is 10.2 Å². The Labute approximate surface area is 162 Å². The molecule has 0 spiro atoms. The van der Waals surface area contributed by atoms with Crippen LogP contribution in [0.4, 0.5) is 0 Å². The van der Waals surface area contributed by atoms with E-state index in [4.69, 9.17) is 9.47 Å². The Morgan fingerprint density at radius 3 is 2.42 bits per heavy atom. The number of amides is 1. The first-order chi connectivity index (χ1) is 12.2. The van der Waals surface area contributed by atoms with E-state index in [1.54, 1.807) is 0 Å². The van der Waals surface area contributed by atoms with Gasteiger partial charge in [-0.3, -0.25) is 9.69 Å².